The maximum Gasteiger partial charge on any atom is 0.340 e. The summed E-state index contributed by atoms with van der Waals surface area (Å²) in [5.74, 6) is -10.3. The fraction of sp³-hybridized carbons (Fsp3) is 0.160. The minimum Gasteiger partial charge on any atom is -0.507 e. The van der Waals surface area contributed by atoms with Crippen molar-refractivity contribution in [2.24, 2.45) is 0 Å². The number of hydrogen-bond acceptors (Lipinski definition) is 7. The Bertz CT molecular complexity index is 1400. The Hall–Kier alpha value is -4.34. The molecule has 0 aromatic heterocycles. The second-order valence-electron chi connectivity index (χ2n) is 7.74. The number of para-hydroxylation sites is 1. The van der Waals surface area contributed by atoms with Crippen molar-refractivity contribution in [3.63, 3.8) is 0 Å². The number of hydrogen-bond donors (Lipinski definition) is 3. The van der Waals surface area contributed by atoms with Crippen LogP contribution in [-0.2, 0) is 4.74 Å². The normalized spacial score (nSPS) is 12.2. The molecule has 7 nitrogen and oxygen atoms in total. The Labute approximate surface area is 196 Å². The van der Waals surface area contributed by atoms with Crippen molar-refractivity contribution in [1.29, 1.82) is 0 Å². The highest BCUT2D eigenvalue weighted by atomic mass is 19.2. The van der Waals surface area contributed by atoms with Crippen molar-refractivity contribution in [2.45, 2.75) is 19.8 Å². The largest absolute Gasteiger partial charge is 0.507 e. The third kappa shape index (κ3) is 3.86. The molecular weight excluding hydrogens is 467 g/mol. The number of fused-ring (bicyclic) bond motifs is 2. The number of phenolic OH excluding ortho intramolecular Hbond substituents is 2. The van der Waals surface area contributed by atoms with Crippen LogP contribution in [0.25, 0.3) is 0 Å². The zero-order chi connectivity index (χ0) is 25.4. The number of rotatable bonds is 6. The highest BCUT2D eigenvalue weighted by Crippen LogP contribution is 2.42. The average Bonchev–Trinajstić information content (AvgIpc) is 2.84. The van der Waals surface area contributed by atoms with Gasteiger partial charge in [-0.25, -0.2) is 18.0 Å². The van der Waals surface area contributed by atoms with Gasteiger partial charge in [-0.3, -0.25) is 9.59 Å². The quantitative estimate of drug-likeness (QED) is 0.153. The van der Waals surface area contributed by atoms with Gasteiger partial charge in [-0.05, 0) is 30.7 Å². The average molecular weight is 485 g/mol. The minimum absolute atomic E-state index is 0.101. The van der Waals surface area contributed by atoms with Crippen molar-refractivity contribution < 1.29 is 42.5 Å². The Morgan fingerprint density at radius 3 is 2.03 bits per heavy atom. The van der Waals surface area contributed by atoms with Gasteiger partial charge in [0.05, 0.1) is 40.1 Å². The number of ketones is 2. The van der Waals surface area contributed by atoms with Gasteiger partial charge in [0.25, 0.3) is 0 Å². The molecule has 0 radical (unpaired) electrons. The van der Waals surface area contributed by atoms with Gasteiger partial charge in [-0.15, -0.1) is 0 Å². The maximum absolute atomic E-state index is 15.5. The highest BCUT2D eigenvalue weighted by Gasteiger charge is 2.41. The number of nitrogens with one attached hydrogen (secondary N) is 1. The first-order chi connectivity index (χ1) is 16.7. The van der Waals surface area contributed by atoms with Crippen LogP contribution in [0.3, 0.4) is 0 Å². The van der Waals surface area contributed by atoms with Gasteiger partial charge < -0.3 is 20.3 Å². The summed E-state index contributed by atoms with van der Waals surface area (Å²) in [7, 11) is 0. The summed E-state index contributed by atoms with van der Waals surface area (Å²) in [6.45, 7) is 2.01. The molecule has 0 spiro atoms. The summed E-state index contributed by atoms with van der Waals surface area (Å²) in [5, 5.41) is 22.3. The number of halogens is 3. The van der Waals surface area contributed by atoms with E-state index in [9.17, 15) is 24.6 Å². The van der Waals surface area contributed by atoms with Crippen LogP contribution in [-0.4, -0.2) is 34.4 Å². The molecule has 4 rings (SSSR count). The lowest BCUT2D eigenvalue weighted by atomic mass is 9.82. The molecule has 0 heterocycles. The van der Waals surface area contributed by atoms with Gasteiger partial charge in [-0.2, -0.15) is 0 Å². The van der Waals surface area contributed by atoms with E-state index >= 15 is 13.2 Å². The zero-order valence-electron chi connectivity index (χ0n) is 18.2. The maximum atomic E-state index is 15.5. The van der Waals surface area contributed by atoms with E-state index in [1.807, 2.05) is 6.92 Å². The third-order valence-electron chi connectivity index (χ3n) is 5.53. The number of unbranched alkanes of at least 4 members (excludes halogenated alkanes) is 1. The van der Waals surface area contributed by atoms with Gasteiger partial charge in [0, 0.05) is 0 Å². The number of esters is 1. The Morgan fingerprint density at radius 1 is 0.857 bits per heavy atom. The summed E-state index contributed by atoms with van der Waals surface area (Å²) in [6.07, 6.45) is 1.36. The SMILES string of the molecule is CCCCOC(=O)c1ccccc1Nc1c(F)c(F)c2c(c1F)C(=O)c1c(O)ccc(O)c1C2=O. The van der Waals surface area contributed by atoms with E-state index in [4.69, 9.17) is 4.74 Å². The molecule has 180 valence electrons. The van der Waals surface area contributed by atoms with Gasteiger partial charge >= 0.3 is 5.97 Å². The lowest BCUT2D eigenvalue weighted by Crippen LogP contribution is -2.26. The smallest absolute Gasteiger partial charge is 0.340 e. The topological polar surface area (TPSA) is 113 Å². The zero-order valence-corrected chi connectivity index (χ0v) is 18.2. The van der Waals surface area contributed by atoms with E-state index in [1.54, 1.807) is 0 Å². The van der Waals surface area contributed by atoms with E-state index < -0.39 is 74.4 Å². The number of aromatic hydroxyl groups is 2. The summed E-state index contributed by atoms with van der Waals surface area (Å²) >= 11 is 0. The van der Waals surface area contributed by atoms with Crippen molar-refractivity contribution in [3.8, 4) is 11.5 Å². The molecule has 0 fully saturated rings. The van der Waals surface area contributed by atoms with Gasteiger partial charge in [0.15, 0.2) is 17.5 Å². The van der Waals surface area contributed by atoms with E-state index in [-0.39, 0.29) is 17.9 Å². The molecule has 10 heteroatoms. The molecule has 0 unspecified atom stereocenters. The van der Waals surface area contributed by atoms with Crippen molar-refractivity contribution in [2.75, 3.05) is 11.9 Å². The molecular formula is C25H18F3NO6. The Balaban J connectivity index is 1.84. The standard InChI is InChI=1S/C25H18F3NO6/c1-2-3-10-35-25(34)11-6-4-5-7-12(11)29-22-20(27)18-17(19(26)21(22)28)23(32)15-13(30)8-9-14(31)16(15)24(18)33/h4-9,29-31H,2-3,10H2,1H3. The predicted octanol–water partition coefficient (Wildman–Crippen LogP) is 4.99. The van der Waals surface area contributed by atoms with Crippen molar-refractivity contribution >= 4 is 28.9 Å². The first kappa shape index (κ1) is 23.8. The monoisotopic (exact) mass is 485 g/mol. The predicted molar refractivity (Wildman–Crippen MR) is 118 cm³/mol. The molecule has 0 bridgehead atoms. The van der Waals surface area contributed by atoms with E-state index in [0.29, 0.717) is 6.42 Å². The summed E-state index contributed by atoms with van der Waals surface area (Å²) in [5.41, 5.74) is -5.19. The number of benzene rings is 3. The number of carbonyl (C=O) groups excluding carboxylic acids is 3. The van der Waals surface area contributed by atoms with Crippen LogP contribution < -0.4 is 5.32 Å². The van der Waals surface area contributed by atoms with Crippen LogP contribution in [0.5, 0.6) is 11.5 Å². The number of anilines is 2. The molecule has 0 saturated heterocycles. The molecule has 1 aliphatic rings. The van der Waals surface area contributed by atoms with E-state index in [2.05, 4.69) is 5.32 Å². The fourth-order valence-electron chi connectivity index (χ4n) is 3.78. The van der Waals surface area contributed by atoms with Crippen LogP contribution in [0.4, 0.5) is 24.5 Å². The van der Waals surface area contributed by atoms with Crippen LogP contribution >= 0.6 is 0 Å². The third-order valence-corrected chi connectivity index (χ3v) is 5.53. The fourth-order valence-corrected chi connectivity index (χ4v) is 3.78. The van der Waals surface area contributed by atoms with Crippen LogP contribution in [0.1, 0.15) is 62.0 Å². The van der Waals surface area contributed by atoms with E-state index in [1.165, 1.54) is 24.3 Å². The molecule has 0 saturated carbocycles. The van der Waals surface area contributed by atoms with Crippen molar-refractivity contribution in [1.82, 2.24) is 0 Å². The first-order valence-electron chi connectivity index (χ1n) is 10.6. The highest BCUT2D eigenvalue weighted by molar-refractivity contribution is 6.30. The molecule has 3 aromatic carbocycles. The molecule has 3 aromatic rings. The molecule has 0 atom stereocenters. The first-order valence-corrected chi connectivity index (χ1v) is 10.6. The number of ether oxygens (including phenoxy) is 1. The number of phenols is 2. The van der Waals surface area contributed by atoms with Gasteiger partial charge in [0.2, 0.25) is 11.6 Å². The molecule has 35 heavy (non-hydrogen) atoms. The minimum atomic E-state index is -1.83. The second-order valence-corrected chi connectivity index (χ2v) is 7.74. The second kappa shape index (κ2) is 9.13. The Kier molecular flexibility index (Phi) is 6.21. The summed E-state index contributed by atoms with van der Waals surface area (Å²) in [6, 6.07) is 7.34. The van der Waals surface area contributed by atoms with Crippen LogP contribution in [0.2, 0.25) is 0 Å². The molecule has 3 N–H and O–H groups in total. The van der Waals surface area contributed by atoms with Crippen LogP contribution in [0, 0.1) is 17.5 Å². The molecule has 0 amide bonds. The van der Waals surface area contributed by atoms with Gasteiger partial charge in [0.1, 0.15) is 17.2 Å². The summed E-state index contributed by atoms with van der Waals surface area (Å²) < 4.78 is 50.7. The molecule has 1 aliphatic carbocycles. The van der Waals surface area contributed by atoms with E-state index in [0.717, 1.165) is 18.6 Å². The number of carbonyl (C=O) groups is 3. The Morgan fingerprint density at radius 2 is 1.43 bits per heavy atom. The van der Waals surface area contributed by atoms with Crippen LogP contribution in [0.15, 0.2) is 36.4 Å². The van der Waals surface area contributed by atoms with Gasteiger partial charge in [-0.1, -0.05) is 25.5 Å². The lowest BCUT2D eigenvalue weighted by Gasteiger charge is -2.22. The molecule has 0 aliphatic heterocycles. The lowest BCUT2D eigenvalue weighted by molar-refractivity contribution is 0.0500. The van der Waals surface area contributed by atoms with Crippen molar-refractivity contribution in [3.05, 3.63) is 81.7 Å². The summed E-state index contributed by atoms with van der Waals surface area (Å²) in [4.78, 5) is 38.2.